The van der Waals surface area contributed by atoms with Gasteiger partial charge in [0.1, 0.15) is 0 Å². The lowest BCUT2D eigenvalue weighted by molar-refractivity contribution is -0.137. The van der Waals surface area contributed by atoms with Gasteiger partial charge in [-0.2, -0.15) is 17.5 Å². The number of alkyl halides is 3. The molecule has 0 spiro atoms. The summed E-state index contributed by atoms with van der Waals surface area (Å²) < 4.78 is 67.6. The molecule has 3 fully saturated rings. The minimum absolute atomic E-state index is 0.0288. The van der Waals surface area contributed by atoms with Crippen molar-refractivity contribution in [2.75, 3.05) is 19.6 Å². The predicted octanol–water partition coefficient (Wildman–Crippen LogP) is 4.76. The number of rotatable bonds is 5. The minimum Gasteiger partial charge on any atom is -0.300 e. The number of sulfonamides is 1. The van der Waals surface area contributed by atoms with Gasteiger partial charge in [-0.05, 0) is 81.3 Å². The fourth-order valence-corrected chi connectivity index (χ4v) is 7.71. The Balaban J connectivity index is 1.67. The molecule has 3 aliphatic rings. The molecule has 0 unspecified atom stereocenters. The Kier molecular flexibility index (Phi) is 6.21. The van der Waals surface area contributed by atoms with Crippen molar-refractivity contribution in [3.63, 3.8) is 0 Å². The van der Waals surface area contributed by atoms with Crippen molar-refractivity contribution < 1.29 is 21.6 Å². The summed E-state index contributed by atoms with van der Waals surface area (Å²) in [6, 6.07) is 4.38. The van der Waals surface area contributed by atoms with E-state index >= 15 is 0 Å². The summed E-state index contributed by atoms with van der Waals surface area (Å²) in [6.07, 6.45) is 2.53. The lowest BCUT2D eigenvalue weighted by Gasteiger charge is -2.57. The molecule has 0 saturated carbocycles. The zero-order valence-corrected chi connectivity index (χ0v) is 18.3. The molecule has 8 heteroatoms. The van der Waals surface area contributed by atoms with E-state index in [0.29, 0.717) is 24.4 Å². The van der Waals surface area contributed by atoms with Crippen molar-refractivity contribution in [2.24, 2.45) is 11.8 Å². The van der Waals surface area contributed by atoms with Gasteiger partial charge in [0.2, 0.25) is 10.0 Å². The van der Waals surface area contributed by atoms with Gasteiger partial charge in [-0.3, -0.25) is 4.90 Å². The summed E-state index contributed by atoms with van der Waals surface area (Å²) in [7, 11) is -3.84. The molecule has 4 nitrogen and oxygen atoms in total. The van der Waals surface area contributed by atoms with E-state index in [0.717, 1.165) is 82.3 Å². The highest BCUT2D eigenvalue weighted by molar-refractivity contribution is 7.89. The zero-order chi connectivity index (χ0) is 21.5. The SMILES string of the molecule is CCCC[C@@H]1[C@H]2CCCN3CCC[C@H](CN1S(=O)(=O)c1ccc(C(F)(F)F)cc1)[C@@H]23. The third kappa shape index (κ3) is 4.02. The van der Waals surface area contributed by atoms with Gasteiger partial charge in [0.15, 0.2) is 0 Å². The first kappa shape index (κ1) is 22.1. The molecular weight excluding hydrogens is 413 g/mol. The quantitative estimate of drug-likeness (QED) is 0.658. The Morgan fingerprint density at radius 2 is 1.73 bits per heavy atom. The Hall–Kier alpha value is -1.12. The Morgan fingerprint density at radius 1 is 1.07 bits per heavy atom. The number of hydrogen-bond acceptors (Lipinski definition) is 3. The van der Waals surface area contributed by atoms with Gasteiger partial charge >= 0.3 is 6.18 Å². The van der Waals surface area contributed by atoms with E-state index in [-0.39, 0.29) is 10.9 Å². The van der Waals surface area contributed by atoms with Crippen molar-refractivity contribution >= 4 is 10.0 Å². The van der Waals surface area contributed by atoms with Crippen LogP contribution in [0.15, 0.2) is 29.2 Å². The first-order valence-corrected chi connectivity index (χ1v) is 12.6. The van der Waals surface area contributed by atoms with Gasteiger partial charge in [0.25, 0.3) is 0 Å². The smallest absolute Gasteiger partial charge is 0.300 e. The fraction of sp³-hybridized carbons (Fsp3) is 0.727. The normalized spacial score (nSPS) is 30.8. The molecule has 0 radical (unpaired) electrons. The number of benzene rings is 1. The molecule has 1 aromatic carbocycles. The van der Waals surface area contributed by atoms with Crippen LogP contribution in [-0.2, 0) is 16.2 Å². The van der Waals surface area contributed by atoms with E-state index in [2.05, 4.69) is 11.8 Å². The largest absolute Gasteiger partial charge is 0.416 e. The highest BCUT2D eigenvalue weighted by atomic mass is 32.2. The van der Waals surface area contributed by atoms with Crippen LogP contribution in [0.3, 0.4) is 0 Å². The monoisotopic (exact) mass is 444 g/mol. The zero-order valence-electron chi connectivity index (χ0n) is 17.4. The predicted molar refractivity (Wildman–Crippen MR) is 109 cm³/mol. The number of piperidine rings is 3. The standard InChI is InChI=1S/C22H31F3N2O2S/c1-2-3-8-20-19-7-5-14-26-13-4-6-16(21(19)26)15-27(20)30(28,29)18-11-9-17(10-12-18)22(23,24)25/h9-12,16,19-21H,2-8,13-15H2,1H3/t16-,19-,20-,21+/m1/s1. The molecule has 0 amide bonds. The third-order valence-corrected chi connectivity index (χ3v) is 9.17. The van der Waals surface area contributed by atoms with E-state index in [1.807, 2.05) is 0 Å². The van der Waals surface area contributed by atoms with Crippen LogP contribution in [0.4, 0.5) is 13.2 Å². The average molecular weight is 445 g/mol. The summed E-state index contributed by atoms with van der Waals surface area (Å²) in [5.41, 5.74) is -0.821. The molecule has 1 aromatic rings. The summed E-state index contributed by atoms with van der Waals surface area (Å²) in [6.45, 7) is 4.79. The van der Waals surface area contributed by atoms with E-state index < -0.39 is 21.8 Å². The van der Waals surface area contributed by atoms with Gasteiger partial charge in [-0.25, -0.2) is 8.42 Å². The molecule has 168 valence electrons. The second-order valence-corrected chi connectivity index (χ2v) is 10.9. The maximum Gasteiger partial charge on any atom is 0.416 e. The van der Waals surface area contributed by atoms with Crippen LogP contribution in [0.1, 0.15) is 57.4 Å². The summed E-state index contributed by atoms with van der Waals surface area (Å²) in [5.74, 6) is 0.625. The molecule has 0 bridgehead atoms. The molecule has 3 saturated heterocycles. The lowest BCUT2D eigenvalue weighted by Crippen LogP contribution is -2.65. The number of nitrogens with zero attached hydrogens (tertiary/aromatic N) is 2. The molecule has 0 aliphatic carbocycles. The highest BCUT2D eigenvalue weighted by Gasteiger charge is 2.51. The minimum atomic E-state index is -4.47. The summed E-state index contributed by atoms with van der Waals surface area (Å²) in [5, 5.41) is 0. The average Bonchev–Trinajstić information content (AvgIpc) is 2.72. The topological polar surface area (TPSA) is 40.6 Å². The Labute approximate surface area is 177 Å². The first-order valence-electron chi connectivity index (χ1n) is 11.2. The molecule has 30 heavy (non-hydrogen) atoms. The molecule has 3 heterocycles. The van der Waals surface area contributed by atoms with Crippen molar-refractivity contribution in [1.82, 2.24) is 9.21 Å². The number of halogens is 3. The van der Waals surface area contributed by atoms with Crippen molar-refractivity contribution in [3.8, 4) is 0 Å². The van der Waals surface area contributed by atoms with Crippen molar-refractivity contribution in [2.45, 2.75) is 75.0 Å². The molecule has 4 rings (SSSR count). The molecule has 4 atom stereocenters. The first-order chi connectivity index (χ1) is 14.2. The van der Waals surface area contributed by atoms with E-state index in [1.165, 1.54) is 0 Å². The number of hydrogen-bond donors (Lipinski definition) is 0. The van der Waals surface area contributed by atoms with Crippen LogP contribution in [0, 0.1) is 11.8 Å². The van der Waals surface area contributed by atoms with E-state index in [4.69, 9.17) is 0 Å². The third-order valence-electron chi connectivity index (χ3n) is 7.27. The maximum atomic E-state index is 13.6. The van der Waals surface area contributed by atoms with Crippen LogP contribution < -0.4 is 0 Å². The Bertz CT molecular complexity index is 839. The lowest BCUT2D eigenvalue weighted by atomic mass is 9.70. The number of unbranched alkanes of at least 4 members (excludes halogenated alkanes) is 1. The van der Waals surface area contributed by atoms with Crippen molar-refractivity contribution in [1.29, 1.82) is 0 Å². The van der Waals surface area contributed by atoms with Gasteiger partial charge in [0.05, 0.1) is 10.5 Å². The second-order valence-electron chi connectivity index (χ2n) is 9.04. The van der Waals surface area contributed by atoms with Gasteiger partial charge in [-0.1, -0.05) is 19.8 Å². The fourth-order valence-electron chi connectivity index (χ4n) is 5.95. The van der Waals surface area contributed by atoms with E-state index in [1.54, 1.807) is 4.31 Å². The van der Waals surface area contributed by atoms with Crippen molar-refractivity contribution in [3.05, 3.63) is 29.8 Å². The molecule has 0 N–H and O–H groups in total. The second kappa shape index (κ2) is 8.43. The molecular formula is C22H31F3N2O2S. The summed E-state index contributed by atoms with van der Waals surface area (Å²) >= 11 is 0. The van der Waals surface area contributed by atoms with E-state index in [9.17, 15) is 21.6 Å². The van der Waals surface area contributed by atoms with Crippen LogP contribution in [0.2, 0.25) is 0 Å². The maximum absolute atomic E-state index is 13.6. The molecule has 0 aromatic heterocycles. The summed E-state index contributed by atoms with van der Waals surface area (Å²) in [4.78, 5) is 2.54. The van der Waals surface area contributed by atoms with Crippen LogP contribution in [0.5, 0.6) is 0 Å². The van der Waals surface area contributed by atoms with Gasteiger partial charge in [-0.15, -0.1) is 0 Å². The Morgan fingerprint density at radius 3 is 2.37 bits per heavy atom. The van der Waals surface area contributed by atoms with Crippen LogP contribution >= 0.6 is 0 Å². The molecule has 3 aliphatic heterocycles. The van der Waals surface area contributed by atoms with Gasteiger partial charge in [0, 0.05) is 18.6 Å². The van der Waals surface area contributed by atoms with Crippen LogP contribution in [0.25, 0.3) is 0 Å². The van der Waals surface area contributed by atoms with Crippen LogP contribution in [-0.4, -0.2) is 49.3 Å². The van der Waals surface area contributed by atoms with Gasteiger partial charge < -0.3 is 0 Å². The highest BCUT2D eigenvalue weighted by Crippen LogP contribution is 2.45.